The van der Waals surface area contributed by atoms with E-state index < -0.39 is 0 Å². The van der Waals surface area contributed by atoms with Crippen LogP contribution in [0.2, 0.25) is 0 Å². The van der Waals surface area contributed by atoms with Gasteiger partial charge in [0.05, 0.1) is 5.75 Å². The summed E-state index contributed by atoms with van der Waals surface area (Å²) in [6.07, 6.45) is 0. The first-order chi connectivity index (χ1) is 15.7. The van der Waals surface area contributed by atoms with Gasteiger partial charge in [-0.1, -0.05) is 59.8 Å². The molecule has 0 aliphatic carbocycles. The molecule has 5 rings (SSSR count). The number of aromatic nitrogens is 4. The van der Waals surface area contributed by atoms with Crippen LogP contribution in [0.5, 0.6) is 0 Å². The van der Waals surface area contributed by atoms with Gasteiger partial charge in [-0.05, 0) is 31.2 Å². The molecule has 1 aliphatic rings. The molecule has 2 aromatic heterocycles. The third-order valence-corrected chi connectivity index (χ3v) is 6.55. The van der Waals surface area contributed by atoms with Crippen LogP contribution in [0.1, 0.15) is 5.56 Å². The van der Waals surface area contributed by atoms with Crippen molar-refractivity contribution in [1.29, 1.82) is 0 Å². The summed E-state index contributed by atoms with van der Waals surface area (Å²) < 4.78 is 1.75. The van der Waals surface area contributed by atoms with Crippen molar-refractivity contribution in [2.75, 3.05) is 36.8 Å². The van der Waals surface area contributed by atoms with E-state index in [1.54, 1.807) is 4.52 Å². The first-order valence-corrected chi connectivity index (χ1v) is 11.7. The summed E-state index contributed by atoms with van der Waals surface area (Å²) in [6.45, 7) is 5.24. The number of anilines is 1. The van der Waals surface area contributed by atoms with E-state index in [0.717, 1.165) is 36.8 Å². The van der Waals surface area contributed by atoms with Crippen molar-refractivity contribution in [2.45, 2.75) is 11.9 Å². The first kappa shape index (κ1) is 20.5. The van der Waals surface area contributed by atoms with E-state index in [0.29, 0.717) is 17.2 Å². The summed E-state index contributed by atoms with van der Waals surface area (Å²) in [4.78, 5) is 17.0. The molecule has 4 aromatic rings. The Morgan fingerprint density at radius 1 is 0.906 bits per heavy atom. The topological polar surface area (TPSA) is 66.6 Å². The molecule has 0 spiro atoms. The maximum absolute atomic E-state index is 12.8. The molecule has 0 atom stereocenters. The third kappa shape index (κ3) is 4.31. The van der Waals surface area contributed by atoms with Gasteiger partial charge in [0, 0.05) is 37.4 Å². The van der Waals surface area contributed by atoms with Crippen LogP contribution in [-0.4, -0.2) is 62.6 Å². The SMILES string of the molecule is Cc1ccc(-c2nnc3ccc(SCC(=O)N4CCN(c5ccccc5)CC4)nn23)cc1. The van der Waals surface area contributed by atoms with Gasteiger partial charge in [0.2, 0.25) is 5.91 Å². The molecule has 8 heteroatoms. The lowest BCUT2D eigenvalue weighted by molar-refractivity contribution is -0.128. The lowest BCUT2D eigenvalue weighted by Crippen LogP contribution is -2.49. The minimum Gasteiger partial charge on any atom is -0.368 e. The number of carbonyl (C=O) groups excluding carboxylic acids is 1. The summed E-state index contributed by atoms with van der Waals surface area (Å²) >= 11 is 1.45. The number of hydrogen-bond donors (Lipinski definition) is 0. The number of benzene rings is 2. The van der Waals surface area contributed by atoms with E-state index in [-0.39, 0.29) is 5.91 Å². The summed E-state index contributed by atoms with van der Waals surface area (Å²) in [5.74, 6) is 1.21. The Bertz CT molecular complexity index is 1220. The number of hydrogen-bond acceptors (Lipinski definition) is 6. The molecule has 1 fully saturated rings. The fourth-order valence-electron chi connectivity index (χ4n) is 3.81. The highest BCUT2D eigenvalue weighted by molar-refractivity contribution is 7.99. The summed E-state index contributed by atoms with van der Waals surface area (Å²) in [5.41, 5.74) is 4.05. The Kier molecular flexibility index (Phi) is 5.77. The van der Waals surface area contributed by atoms with Gasteiger partial charge in [0.25, 0.3) is 0 Å². The molecule has 7 nitrogen and oxygen atoms in total. The summed E-state index contributed by atoms with van der Waals surface area (Å²) in [5, 5.41) is 14.0. The zero-order chi connectivity index (χ0) is 21.9. The van der Waals surface area contributed by atoms with Gasteiger partial charge in [0.1, 0.15) is 5.03 Å². The van der Waals surface area contributed by atoms with Crippen molar-refractivity contribution >= 4 is 29.0 Å². The van der Waals surface area contributed by atoms with E-state index in [2.05, 4.69) is 39.3 Å². The first-order valence-electron chi connectivity index (χ1n) is 10.7. The molecule has 162 valence electrons. The number of nitrogens with zero attached hydrogens (tertiary/aromatic N) is 6. The fraction of sp³-hybridized carbons (Fsp3) is 0.250. The summed E-state index contributed by atoms with van der Waals surface area (Å²) in [7, 11) is 0. The average Bonchev–Trinajstić information content (AvgIpc) is 3.27. The molecular weight excluding hydrogens is 420 g/mol. The smallest absolute Gasteiger partial charge is 0.233 e. The molecule has 0 saturated carbocycles. The number of rotatable bonds is 5. The van der Waals surface area contributed by atoms with E-state index >= 15 is 0 Å². The highest BCUT2D eigenvalue weighted by Gasteiger charge is 2.21. The average molecular weight is 445 g/mol. The maximum Gasteiger partial charge on any atom is 0.233 e. The molecular formula is C24H24N6OS. The molecule has 32 heavy (non-hydrogen) atoms. The predicted molar refractivity (Wildman–Crippen MR) is 127 cm³/mol. The second-order valence-corrected chi connectivity index (χ2v) is 8.82. The molecule has 2 aromatic carbocycles. The van der Waals surface area contributed by atoms with Crippen LogP contribution < -0.4 is 4.90 Å². The van der Waals surface area contributed by atoms with Gasteiger partial charge in [0.15, 0.2) is 11.5 Å². The van der Waals surface area contributed by atoms with Crippen molar-refractivity contribution in [3.63, 3.8) is 0 Å². The minimum absolute atomic E-state index is 0.145. The second kappa shape index (κ2) is 9.00. The Hall–Kier alpha value is -3.39. The van der Waals surface area contributed by atoms with Crippen LogP contribution in [0.25, 0.3) is 17.0 Å². The molecule has 1 amide bonds. The second-order valence-electron chi connectivity index (χ2n) is 7.82. The lowest BCUT2D eigenvalue weighted by atomic mass is 10.1. The molecule has 1 saturated heterocycles. The Morgan fingerprint density at radius 2 is 1.66 bits per heavy atom. The highest BCUT2D eigenvalue weighted by Crippen LogP contribution is 2.22. The molecule has 0 unspecified atom stereocenters. The van der Waals surface area contributed by atoms with E-state index in [1.165, 1.54) is 23.0 Å². The number of fused-ring (bicyclic) bond motifs is 1. The molecule has 3 heterocycles. The van der Waals surface area contributed by atoms with Gasteiger partial charge >= 0.3 is 0 Å². The third-order valence-electron chi connectivity index (χ3n) is 5.65. The van der Waals surface area contributed by atoms with Gasteiger partial charge < -0.3 is 9.80 Å². The number of piperazine rings is 1. The van der Waals surface area contributed by atoms with Gasteiger partial charge in [-0.2, -0.15) is 9.61 Å². The van der Waals surface area contributed by atoms with E-state index in [4.69, 9.17) is 0 Å². The molecule has 0 radical (unpaired) electrons. The van der Waals surface area contributed by atoms with Crippen LogP contribution in [-0.2, 0) is 4.79 Å². The van der Waals surface area contributed by atoms with Gasteiger partial charge in [-0.25, -0.2) is 0 Å². The zero-order valence-electron chi connectivity index (χ0n) is 17.9. The van der Waals surface area contributed by atoms with Crippen molar-refractivity contribution in [1.82, 2.24) is 24.7 Å². The molecule has 0 N–H and O–H groups in total. The van der Waals surface area contributed by atoms with Crippen molar-refractivity contribution in [3.8, 4) is 11.4 Å². The van der Waals surface area contributed by atoms with Crippen LogP contribution >= 0.6 is 11.8 Å². The predicted octanol–water partition coefficient (Wildman–Crippen LogP) is 3.54. The van der Waals surface area contributed by atoms with Crippen LogP contribution in [0, 0.1) is 6.92 Å². The summed E-state index contributed by atoms with van der Waals surface area (Å²) in [6, 6.07) is 22.3. The van der Waals surface area contributed by atoms with E-state index in [1.807, 2.05) is 59.5 Å². The number of thioether (sulfide) groups is 1. The number of carbonyl (C=O) groups is 1. The fourth-order valence-corrected chi connectivity index (χ4v) is 4.57. The Labute approximate surface area is 191 Å². The largest absolute Gasteiger partial charge is 0.368 e. The zero-order valence-corrected chi connectivity index (χ0v) is 18.7. The quantitative estimate of drug-likeness (QED) is 0.439. The maximum atomic E-state index is 12.8. The van der Waals surface area contributed by atoms with Crippen molar-refractivity contribution in [2.24, 2.45) is 0 Å². The standard InChI is InChI=1S/C24H24N6OS/c1-18-7-9-19(10-8-18)24-26-25-21-11-12-22(27-30(21)24)32-17-23(31)29-15-13-28(14-16-29)20-5-3-2-4-6-20/h2-12H,13-17H2,1H3. The number of para-hydroxylation sites is 1. The normalized spacial score (nSPS) is 14.2. The van der Waals surface area contributed by atoms with Gasteiger partial charge in [-0.15, -0.1) is 10.2 Å². The van der Waals surface area contributed by atoms with Crippen LogP contribution in [0.15, 0.2) is 71.8 Å². The monoisotopic (exact) mass is 444 g/mol. The number of amides is 1. The molecule has 0 bridgehead atoms. The van der Waals surface area contributed by atoms with Crippen molar-refractivity contribution in [3.05, 3.63) is 72.3 Å². The molecule has 1 aliphatic heterocycles. The Balaban J connectivity index is 1.22. The van der Waals surface area contributed by atoms with Gasteiger partial charge in [-0.3, -0.25) is 4.79 Å². The van der Waals surface area contributed by atoms with Crippen LogP contribution in [0.3, 0.4) is 0 Å². The number of aryl methyl sites for hydroxylation is 1. The van der Waals surface area contributed by atoms with Crippen LogP contribution in [0.4, 0.5) is 5.69 Å². The highest BCUT2D eigenvalue weighted by atomic mass is 32.2. The van der Waals surface area contributed by atoms with E-state index in [9.17, 15) is 4.79 Å². The minimum atomic E-state index is 0.145. The lowest BCUT2D eigenvalue weighted by Gasteiger charge is -2.36. The Morgan fingerprint density at radius 3 is 2.41 bits per heavy atom. The van der Waals surface area contributed by atoms with Crippen molar-refractivity contribution < 1.29 is 4.79 Å².